The maximum absolute atomic E-state index is 11.9. The Hall–Kier alpha value is -0.320. The van der Waals surface area contributed by atoms with Gasteiger partial charge in [-0.3, -0.25) is 4.79 Å². The molecule has 0 atom stereocenters. The van der Waals surface area contributed by atoms with E-state index in [0.29, 0.717) is 0 Å². The quantitative estimate of drug-likeness (QED) is 0.815. The summed E-state index contributed by atoms with van der Waals surface area (Å²) in [6.07, 6.45) is 5.40. The normalized spacial score (nSPS) is 22.2. The lowest BCUT2D eigenvalue weighted by Crippen LogP contribution is -2.38. The summed E-state index contributed by atoms with van der Waals surface area (Å²) in [5.41, 5.74) is 0. The number of carbonyl (C=O) groups excluding carboxylic acids is 1. The molecule has 18 heavy (non-hydrogen) atoms. The van der Waals surface area contributed by atoms with Gasteiger partial charge in [0.15, 0.2) is 0 Å². The molecule has 0 radical (unpaired) electrons. The average molecular weight is 277 g/mol. The smallest absolute Gasteiger partial charge is 0.223 e. The Morgan fingerprint density at radius 3 is 2.50 bits per heavy atom. The second-order valence-corrected chi connectivity index (χ2v) is 5.16. The Morgan fingerprint density at radius 1 is 1.17 bits per heavy atom. The SMILES string of the molecule is Cl.O=C(NCCC1CCOCC1)C1CCNCC1. The minimum Gasteiger partial charge on any atom is -0.381 e. The molecule has 0 aromatic heterocycles. The van der Waals surface area contributed by atoms with Crippen molar-refractivity contribution in [2.75, 3.05) is 32.8 Å². The first-order chi connectivity index (χ1) is 8.36. The van der Waals surface area contributed by atoms with Gasteiger partial charge in [-0.25, -0.2) is 0 Å². The summed E-state index contributed by atoms with van der Waals surface area (Å²) >= 11 is 0. The number of hydrogen-bond acceptors (Lipinski definition) is 3. The van der Waals surface area contributed by atoms with E-state index in [1.54, 1.807) is 0 Å². The molecule has 0 spiro atoms. The molecule has 0 aromatic carbocycles. The van der Waals surface area contributed by atoms with Crippen molar-refractivity contribution in [3.05, 3.63) is 0 Å². The molecule has 2 aliphatic heterocycles. The van der Waals surface area contributed by atoms with Gasteiger partial charge < -0.3 is 15.4 Å². The second-order valence-electron chi connectivity index (χ2n) is 5.16. The van der Waals surface area contributed by atoms with Crippen LogP contribution >= 0.6 is 12.4 Å². The van der Waals surface area contributed by atoms with E-state index in [4.69, 9.17) is 4.74 Å². The molecule has 2 heterocycles. The average Bonchev–Trinajstić information content (AvgIpc) is 2.41. The van der Waals surface area contributed by atoms with E-state index in [1.807, 2.05) is 0 Å². The highest BCUT2D eigenvalue weighted by Crippen LogP contribution is 2.18. The van der Waals surface area contributed by atoms with Gasteiger partial charge in [0.25, 0.3) is 0 Å². The lowest BCUT2D eigenvalue weighted by molar-refractivity contribution is -0.125. The predicted molar refractivity (Wildman–Crippen MR) is 74.0 cm³/mol. The maximum Gasteiger partial charge on any atom is 0.223 e. The fourth-order valence-corrected chi connectivity index (χ4v) is 2.66. The van der Waals surface area contributed by atoms with E-state index in [1.165, 1.54) is 0 Å². The standard InChI is InChI=1S/C13H24N2O2.ClH/c16-13(12-2-6-14-7-3-12)15-8-1-11-4-9-17-10-5-11;/h11-12,14H,1-10H2,(H,15,16);1H. The van der Waals surface area contributed by atoms with Crippen molar-refractivity contribution in [2.24, 2.45) is 11.8 Å². The fraction of sp³-hybridized carbons (Fsp3) is 0.923. The Morgan fingerprint density at radius 2 is 1.83 bits per heavy atom. The highest BCUT2D eigenvalue weighted by atomic mass is 35.5. The first-order valence-corrected chi connectivity index (χ1v) is 6.92. The van der Waals surface area contributed by atoms with E-state index in [0.717, 1.165) is 70.9 Å². The van der Waals surface area contributed by atoms with Crippen LogP contribution in [-0.4, -0.2) is 38.8 Å². The van der Waals surface area contributed by atoms with E-state index in [-0.39, 0.29) is 24.2 Å². The zero-order chi connectivity index (χ0) is 11.9. The van der Waals surface area contributed by atoms with Crippen LogP contribution < -0.4 is 10.6 Å². The summed E-state index contributed by atoms with van der Waals surface area (Å²) in [5.74, 6) is 1.25. The van der Waals surface area contributed by atoms with Crippen LogP contribution in [0.1, 0.15) is 32.1 Å². The molecule has 2 N–H and O–H groups in total. The number of hydrogen-bond donors (Lipinski definition) is 2. The fourth-order valence-electron chi connectivity index (χ4n) is 2.66. The van der Waals surface area contributed by atoms with Gasteiger partial charge in [-0.05, 0) is 51.1 Å². The van der Waals surface area contributed by atoms with Gasteiger partial charge in [0.05, 0.1) is 0 Å². The summed E-state index contributed by atoms with van der Waals surface area (Å²) < 4.78 is 5.33. The summed E-state index contributed by atoms with van der Waals surface area (Å²) in [4.78, 5) is 11.9. The van der Waals surface area contributed by atoms with E-state index >= 15 is 0 Å². The summed E-state index contributed by atoms with van der Waals surface area (Å²) in [7, 11) is 0. The van der Waals surface area contributed by atoms with E-state index in [9.17, 15) is 4.79 Å². The van der Waals surface area contributed by atoms with Gasteiger partial charge in [-0.1, -0.05) is 0 Å². The molecule has 0 saturated carbocycles. The maximum atomic E-state index is 11.9. The third-order valence-corrected chi connectivity index (χ3v) is 3.90. The van der Waals surface area contributed by atoms with Crippen LogP contribution in [-0.2, 0) is 9.53 Å². The minimum atomic E-state index is 0. The third-order valence-electron chi connectivity index (χ3n) is 3.90. The molecule has 4 nitrogen and oxygen atoms in total. The molecule has 2 rings (SSSR count). The van der Waals surface area contributed by atoms with Crippen molar-refractivity contribution < 1.29 is 9.53 Å². The molecule has 5 heteroatoms. The molecule has 106 valence electrons. The van der Waals surface area contributed by atoms with Crippen molar-refractivity contribution in [3.8, 4) is 0 Å². The molecule has 1 amide bonds. The number of rotatable bonds is 4. The molecule has 0 aromatic rings. The molecule has 0 bridgehead atoms. The molecule has 2 aliphatic rings. The lowest BCUT2D eigenvalue weighted by Gasteiger charge is -2.24. The Bertz CT molecular complexity index is 239. The molecule has 0 unspecified atom stereocenters. The predicted octanol–water partition coefficient (Wildman–Crippen LogP) is 1.34. The number of halogens is 1. The van der Waals surface area contributed by atoms with Crippen LogP contribution in [0.4, 0.5) is 0 Å². The number of amides is 1. The topological polar surface area (TPSA) is 50.4 Å². The summed E-state index contributed by atoms with van der Waals surface area (Å²) in [5, 5.41) is 6.38. The first kappa shape index (κ1) is 15.7. The molecular weight excluding hydrogens is 252 g/mol. The number of carbonyl (C=O) groups is 1. The van der Waals surface area contributed by atoms with E-state index in [2.05, 4.69) is 10.6 Å². The van der Waals surface area contributed by atoms with E-state index < -0.39 is 0 Å². The zero-order valence-corrected chi connectivity index (χ0v) is 11.8. The van der Waals surface area contributed by atoms with Crippen LogP contribution in [0.25, 0.3) is 0 Å². The van der Waals surface area contributed by atoms with Crippen LogP contribution in [0.3, 0.4) is 0 Å². The molecule has 2 saturated heterocycles. The van der Waals surface area contributed by atoms with Crippen molar-refractivity contribution in [3.63, 3.8) is 0 Å². The van der Waals surface area contributed by atoms with Gasteiger partial charge in [-0.15, -0.1) is 12.4 Å². The number of ether oxygens (including phenoxy) is 1. The van der Waals surface area contributed by atoms with Crippen molar-refractivity contribution >= 4 is 18.3 Å². The molecule has 2 fully saturated rings. The van der Waals surface area contributed by atoms with Gasteiger partial charge in [0.2, 0.25) is 5.91 Å². The Balaban J connectivity index is 0.00000162. The van der Waals surface area contributed by atoms with Crippen molar-refractivity contribution in [1.29, 1.82) is 0 Å². The Kier molecular flexibility index (Phi) is 7.63. The summed E-state index contributed by atoms with van der Waals surface area (Å²) in [6, 6.07) is 0. The summed E-state index contributed by atoms with van der Waals surface area (Å²) in [6.45, 7) is 4.60. The Labute approximate surface area is 116 Å². The molecular formula is C13H25ClN2O2. The largest absolute Gasteiger partial charge is 0.381 e. The zero-order valence-electron chi connectivity index (χ0n) is 11.0. The van der Waals surface area contributed by atoms with Gasteiger partial charge in [0.1, 0.15) is 0 Å². The number of nitrogens with one attached hydrogen (secondary N) is 2. The van der Waals surface area contributed by atoms with Crippen LogP contribution in [0.15, 0.2) is 0 Å². The van der Waals surface area contributed by atoms with Gasteiger partial charge in [0, 0.05) is 25.7 Å². The monoisotopic (exact) mass is 276 g/mol. The van der Waals surface area contributed by atoms with Crippen LogP contribution in [0.5, 0.6) is 0 Å². The van der Waals surface area contributed by atoms with Crippen molar-refractivity contribution in [2.45, 2.75) is 32.1 Å². The third kappa shape index (κ3) is 5.12. The second kappa shape index (κ2) is 8.73. The minimum absolute atomic E-state index is 0. The first-order valence-electron chi connectivity index (χ1n) is 6.92. The molecule has 0 aliphatic carbocycles. The highest BCUT2D eigenvalue weighted by molar-refractivity contribution is 5.85. The van der Waals surface area contributed by atoms with Crippen molar-refractivity contribution in [1.82, 2.24) is 10.6 Å². The van der Waals surface area contributed by atoms with Gasteiger partial charge in [-0.2, -0.15) is 0 Å². The van der Waals surface area contributed by atoms with Gasteiger partial charge >= 0.3 is 0 Å². The van der Waals surface area contributed by atoms with Crippen LogP contribution in [0, 0.1) is 11.8 Å². The highest BCUT2D eigenvalue weighted by Gasteiger charge is 2.21. The lowest BCUT2D eigenvalue weighted by atomic mass is 9.95. The van der Waals surface area contributed by atoms with Crippen LogP contribution in [0.2, 0.25) is 0 Å². The number of piperidine rings is 1.